The molecule has 5 nitrogen and oxygen atoms in total. The molecule has 3 rings (SSSR count). The van der Waals surface area contributed by atoms with E-state index in [4.69, 9.17) is 4.74 Å². The normalized spacial score (nSPS) is 16.3. The van der Waals surface area contributed by atoms with Crippen molar-refractivity contribution in [2.45, 2.75) is 0 Å². The predicted molar refractivity (Wildman–Crippen MR) is 83.2 cm³/mol. The fourth-order valence-electron chi connectivity index (χ4n) is 1.77. The van der Waals surface area contributed by atoms with E-state index in [1.54, 1.807) is 13.2 Å². The van der Waals surface area contributed by atoms with Gasteiger partial charge >= 0.3 is 0 Å². The summed E-state index contributed by atoms with van der Waals surface area (Å²) >= 11 is 2.37. The molecule has 1 fully saturated rings. The highest BCUT2D eigenvalue weighted by Gasteiger charge is 2.25. The summed E-state index contributed by atoms with van der Waals surface area (Å²) in [4.78, 5) is 27.4. The number of thiazole rings is 1. The van der Waals surface area contributed by atoms with Gasteiger partial charge in [-0.25, -0.2) is 4.98 Å². The number of aromatic nitrogens is 1. The van der Waals surface area contributed by atoms with Crippen LogP contribution in [0.1, 0.15) is 5.69 Å². The third-order valence-corrected chi connectivity index (χ3v) is 4.50. The highest BCUT2D eigenvalue weighted by molar-refractivity contribution is 8.18. The number of carbonyl (C=O) groups excluding carboxylic acids is 2. The number of carbonyl (C=O) groups is 2. The van der Waals surface area contributed by atoms with Gasteiger partial charge in [-0.3, -0.25) is 14.9 Å². The third kappa shape index (κ3) is 2.98. The number of thioether (sulfide) groups is 1. The summed E-state index contributed by atoms with van der Waals surface area (Å²) in [6.07, 6.45) is 1.62. The summed E-state index contributed by atoms with van der Waals surface area (Å²) in [6.45, 7) is 0. The molecule has 21 heavy (non-hydrogen) atoms. The van der Waals surface area contributed by atoms with Crippen LogP contribution in [0, 0.1) is 0 Å². The van der Waals surface area contributed by atoms with E-state index in [0.717, 1.165) is 28.1 Å². The Kier molecular flexibility index (Phi) is 3.76. The summed E-state index contributed by atoms with van der Waals surface area (Å²) in [5.41, 5.74) is 1.64. The number of methoxy groups -OCH3 is 1. The molecule has 1 aromatic heterocycles. The van der Waals surface area contributed by atoms with Crippen molar-refractivity contribution in [1.82, 2.24) is 10.3 Å². The topological polar surface area (TPSA) is 68.3 Å². The van der Waals surface area contributed by atoms with Gasteiger partial charge in [0.2, 0.25) is 0 Å². The lowest BCUT2D eigenvalue weighted by molar-refractivity contribution is -0.115. The van der Waals surface area contributed by atoms with E-state index in [-0.39, 0.29) is 11.1 Å². The van der Waals surface area contributed by atoms with Gasteiger partial charge in [-0.1, -0.05) is 0 Å². The van der Waals surface area contributed by atoms with Gasteiger partial charge in [-0.15, -0.1) is 11.3 Å². The molecule has 1 aliphatic heterocycles. The van der Waals surface area contributed by atoms with Crippen molar-refractivity contribution in [3.8, 4) is 16.3 Å². The number of hydrogen-bond acceptors (Lipinski definition) is 6. The second kappa shape index (κ2) is 5.71. The van der Waals surface area contributed by atoms with E-state index < -0.39 is 0 Å². The summed E-state index contributed by atoms with van der Waals surface area (Å²) in [7, 11) is 1.62. The van der Waals surface area contributed by atoms with Crippen LogP contribution in [0.2, 0.25) is 0 Å². The van der Waals surface area contributed by atoms with Crippen LogP contribution in [0.4, 0.5) is 4.79 Å². The Morgan fingerprint density at radius 1 is 1.24 bits per heavy atom. The number of nitrogens with one attached hydrogen (secondary N) is 1. The molecule has 106 valence electrons. The Morgan fingerprint density at radius 3 is 2.62 bits per heavy atom. The summed E-state index contributed by atoms with van der Waals surface area (Å²) in [6, 6.07) is 7.59. The largest absolute Gasteiger partial charge is 0.497 e. The van der Waals surface area contributed by atoms with E-state index in [1.165, 1.54) is 11.3 Å². The Balaban J connectivity index is 1.84. The van der Waals surface area contributed by atoms with E-state index in [9.17, 15) is 9.59 Å². The Bertz CT molecular complexity index is 735. The first-order valence-corrected chi connectivity index (χ1v) is 7.70. The highest BCUT2D eigenvalue weighted by Crippen LogP contribution is 2.29. The Labute approximate surface area is 129 Å². The number of imide groups is 1. The fourth-order valence-corrected chi connectivity index (χ4v) is 3.22. The van der Waals surface area contributed by atoms with Gasteiger partial charge in [0.05, 0.1) is 17.7 Å². The first-order chi connectivity index (χ1) is 10.2. The summed E-state index contributed by atoms with van der Waals surface area (Å²) in [5.74, 6) is 0.416. The number of benzene rings is 1. The highest BCUT2D eigenvalue weighted by atomic mass is 32.2. The van der Waals surface area contributed by atoms with Gasteiger partial charge in [-0.2, -0.15) is 0 Å². The molecule has 7 heteroatoms. The molecule has 0 unspecified atom stereocenters. The van der Waals surface area contributed by atoms with Crippen LogP contribution in [0.5, 0.6) is 5.75 Å². The molecule has 0 saturated carbocycles. The van der Waals surface area contributed by atoms with E-state index in [0.29, 0.717) is 10.6 Å². The van der Waals surface area contributed by atoms with Crippen LogP contribution in [0.25, 0.3) is 16.6 Å². The molecule has 1 saturated heterocycles. The first-order valence-electron chi connectivity index (χ1n) is 6.00. The maximum atomic E-state index is 11.5. The zero-order valence-electron chi connectivity index (χ0n) is 11.0. The number of hydrogen-bond donors (Lipinski definition) is 1. The van der Waals surface area contributed by atoms with Gasteiger partial charge in [0.1, 0.15) is 10.8 Å². The van der Waals surface area contributed by atoms with E-state index in [1.807, 2.05) is 29.6 Å². The van der Waals surface area contributed by atoms with Crippen molar-refractivity contribution >= 4 is 40.3 Å². The van der Waals surface area contributed by atoms with E-state index in [2.05, 4.69) is 10.3 Å². The average molecular weight is 318 g/mol. The van der Waals surface area contributed by atoms with Crippen molar-refractivity contribution in [2.24, 2.45) is 0 Å². The minimum absolute atomic E-state index is 0.350. The lowest BCUT2D eigenvalue weighted by atomic mass is 10.2. The van der Waals surface area contributed by atoms with Crippen LogP contribution in [-0.2, 0) is 4.79 Å². The Morgan fingerprint density at radius 2 is 2.00 bits per heavy atom. The first kappa shape index (κ1) is 13.8. The second-order valence-electron chi connectivity index (χ2n) is 4.16. The van der Waals surface area contributed by atoms with Gasteiger partial charge in [0, 0.05) is 10.9 Å². The van der Waals surface area contributed by atoms with Gasteiger partial charge in [0.15, 0.2) is 0 Å². The number of amides is 2. The molecule has 1 N–H and O–H groups in total. The molecule has 2 amide bonds. The van der Waals surface area contributed by atoms with Crippen molar-refractivity contribution in [3.63, 3.8) is 0 Å². The zero-order valence-corrected chi connectivity index (χ0v) is 12.6. The Hall–Kier alpha value is -2.12. The average Bonchev–Trinajstić information content (AvgIpc) is 3.07. The molecule has 0 atom stereocenters. The minimum atomic E-state index is -0.371. The minimum Gasteiger partial charge on any atom is -0.497 e. The van der Waals surface area contributed by atoms with Crippen LogP contribution < -0.4 is 10.1 Å². The van der Waals surface area contributed by atoms with Crippen molar-refractivity contribution in [2.75, 3.05) is 7.11 Å². The van der Waals surface area contributed by atoms with Crippen LogP contribution in [0.15, 0.2) is 34.6 Å². The molecular weight excluding hydrogens is 308 g/mol. The predicted octanol–water partition coefficient (Wildman–Crippen LogP) is 3.14. The van der Waals surface area contributed by atoms with Crippen LogP contribution in [0.3, 0.4) is 0 Å². The molecule has 2 aromatic rings. The maximum Gasteiger partial charge on any atom is 0.290 e. The van der Waals surface area contributed by atoms with Crippen molar-refractivity contribution < 1.29 is 14.3 Å². The van der Waals surface area contributed by atoms with Crippen LogP contribution >= 0.6 is 23.1 Å². The summed E-state index contributed by atoms with van der Waals surface area (Å²) < 4.78 is 5.12. The van der Waals surface area contributed by atoms with Crippen LogP contribution in [-0.4, -0.2) is 23.2 Å². The fraction of sp³-hybridized carbons (Fsp3) is 0.0714. The van der Waals surface area contributed by atoms with Gasteiger partial charge < -0.3 is 4.74 Å². The maximum absolute atomic E-state index is 11.5. The zero-order chi connectivity index (χ0) is 14.8. The van der Waals surface area contributed by atoms with Gasteiger partial charge in [-0.05, 0) is 42.1 Å². The molecule has 0 spiro atoms. The standard InChI is InChI=1S/C14H10N2O3S2/c1-19-10-4-2-8(3-5-10)13-15-9(7-20-13)6-11-12(17)16-14(18)21-11/h2-7H,1H3,(H,16,17,18)/b11-6-. The summed E-state index contributed by atoms with van der Waals surface area (Å²) in [5, 5.41) is 4.56. The number of nitrogens with zero attached hydrogens (tertiary/aromatic N) is 1. The number of rotatable bonds is 3. The molecule has 1 aromatic carbocycles. The third-order valence-electron chi connectivity index (χ3n) is 2.78. The second-order valence-corrected chi connectivity index (χ2v) is 6.03. The number of ether oxygens (including phenoxy) is 1. The monoisotopic (exact) mass is 318 g/mol. The van der Waals surface area contributed by atoms with E-state index >= 15 is 0 Å². The molecule has 0 radical (unpaired) electrons. The molecule has 0 aliphatic carbocycles. The molecule has 2 heterocycles. The smallest absolute Gasteiger partial charge is 0.290 e. The quantitative estimate of drug-likeness (QED) is 0.881. The van der Waals surface area contributed by atoms with Gasteiger partial charge in [0.25, 0.3) is 11.1 Å². The lowest BCUT2D eigenvalue weighted by Crippen LogP contribution is -2.17. The lowest BCUT2D eigenvalue weighted by Gasteiger charge is -1.99. The van der Waals surface area contributed by atoms with Crippen molar-refractivity contribution in [1.29, 1.82) is 0 Å². The van der Waals surface area contributed by atoms with Crippen molar-refractivity contribution in [3.05, 3.63) is 40.2 Å². The molecular formula is C14H10N2O3S2. The molecule has 0 bridgehead atoms. The molecule has 1 aliphatic rings. The SMILES string of the molecule is COc1ccc(-c2nc(/C=C3\SC(=O)NC3=O)cs2)cc1.